The van der Waals surface area contributed by atoms with Crippen LogP contribution in [0.25, 0.3) is 10.9 Å². The predicted octanol–water partition coefficient (Wildman–Crippen LogP) is 6.07. The molecule has 0 aliphatic carbocycles. The van der Waals surface area contributed by atoms with Gasteiger partial charge in [-0.15, -0.1) is 0 Å². The van der Waals surface area contributed by atoms with Crippen LogP contribution in [-0.4, -0.2) is 16.7 Å². The second kappa shape index (κ2) is 8.74. The van der Waals surface area contributed by atoms with Gasteiger partial charge in [0, 0.05) is 34.8 Å². The number of nitrogens with one attached hydrogen (secondary N) is 1. The average molecular weight is 436 g/mol. The molecule has 1 aromatic heterocycles. The molecule has 0 aliphatic heterocycles. The second-order valence-corrected chi connectivity index (χ2v) is 7.81. The minimum absolute atomic E-state index is 0.233. The Hall–Kier alpha value is -3.08. The molecule has 0 atom stereocenters. The zero-order chi connectivity index (χ0) is 21.1. The fourth-order valence-electron chi connectivity index (χ4n) is 3.39. The van der Waals surface area contributed by atoms with Gasteiger partial charge >= 0.3 is 0 Å². The minimum atomic E-state index is -0.233. The van der Waals surface area contributed by atoms with Crippen LogP contribution in [0.4, 0.5) is 0 Å². The van der Waals surface area contributed by atoms with Crippen molar-refractivity contribution in [3.05, 3.63) is 105 Å². The Morgan fingerprint density at radius 3 is 2.60 bits per heavy atom. The molecule has 0 bridgehead atoms. The quantitative estimate of drug-likeness (QED) is 0.300. The third kappa shape index (κ3) is 4.25. The molecule has 1 heterocycles. The van der Waals surface area contributed by atoms with E-state index >= 15 is 0 Å². The molecule has 6 heteroatoms. The molecule has 0 spiro atoms. The highest BCUT2D eigenvalue weighted by Gasteiger charge is 2.09. The van der Waals surface area contributed by atoms with Crippen LogP contribution in [0.2, 0.25) is 10.0 Å². The number of halogens is 2. The van der Waals surface area contributed by atoms with Crippen molar-refractivity contribution in [3.8, 4) is 0 Å². The van der Waals surface area contributed by atoms with Crippen molar-refractivity contribution in [2.24, 2.45) is 5.10 Å². The molecule has 0 saturated carbocycles. The monoisotopic (exact) mass is 435 g/mol. The predicted molar refractivity (Wildman–Crippen MR) is 124 cm³/mol. The topological polar surface area (TPSA) is 46.4 Å². The third-order valence-electron chi connectivity index (χ3n) is 4.92. The highest BCUT2D eigenvalue weighted by atomic mass is 35.5. The maximum atomic E-state index is 12.4. The molecule has 0 unspecified atom stereocenters. The number of benzene rings is 3. The summed E-state index contributed by atoms with van der Waals surface area (Å²) in [4.78, 5) is 12.4. The lowest BCUT2D eigenvalue weighted by molar-refractivity contribution is 0.0954. The van der Waals surface area contributed by atoms with Crippen molar-refractivity contribution >= 4 is 46.2 Å². The molecular weight excluding hydrogens is 417 g/mol. The summed E-state index contributed by atoms with van der Waals surface area (Å²) in [6.45, 7) is 2.54. The smallest absolute Gasteiger partial charge is 0.271 e. The van der Waals surface area contributed by atoms with Gasteiger partial charge in [0.2, 0.25) is 0 Å². The number of nitrogens with zero attached hydrogens (tertiary/aromatic N) is 2. The summed E-state index contributed by atoms with van der Waals surface area (Å²) in [5.41, 5.74) is 7.15. The van der Waals surface area contributed by atoms with Crippen LogP contribution in [0.3, 0.4) is 0 Å². The Morgan fingerprint density at radius 1 is 1.03 bits per heavy atom. The van der Waals surface area contributed by atoms with Crippen molar-refractivity contribution < 1.29 is 4.79 Å². The normalized spacial score (nSPS) is 11.3. The first kappa shape index (κ1) is 20.2. The minimum Gasteiger partial charge on any atom is -0.342 e. The number of hydrogen-bond donors (Lipinski definition) is 1. The number of aryl methyl sites for hydroxylation is 1. The van der Waals surface area contributed by atoms with Crippen LogP contribution >= 0.6 is 23.2 Å². The zero-order valence-corrected chi connectivity index (χ0v) is 17.8. The van der Waals surface area contributed by atoms with Gasteiger partial charge in [0.25, 0.3) is 5.91 Å². The number of carbonyl (C=O) groups is 1. The van der Waals surface area contributed by atoms with Gasteiger partial charge in [-0.25, -0.2) is 5.43 Å². The molecule has 1 amide bonds. The van der Waals surface area contributed by atoms with Gasteiger partial charge in [0.05, 0.1) is 16.3 Å². The van der Waals surface area contributed by atoms with E-state index in [0.29, 0.717) is 22.2 Å². The first-order chi connectivity index (χ1) is 14.5. The molecule has 30 heavy (non-hydrogen) atoms. The van der Waals surface area contributed by atoms with Crippen molar-refractivity contribution in [2.45, 2.75) is 13.5 Å². The number of rotatable bonds is 5. The highest BCUT2D eigenvalue weighted by Crippen LogP contribution is 2.25. The van der Waals surface area contributed by atoms with Gasteiger partial charge in [0.1, 0.15) is 0 Å². The molecular formula is C24H19Cl2N3O. The molecule has 3 aromatic carbocycles. The Morgan fingerprint density at radius 2 is 1.80 bits per heavy atom. The van der Waals surface area contributed by atoms with Crippen LogP contribution < -0.4 is 5.43 Å². The third-order valence-corrected chi connectivity index (χ3v) is 5.65. The van der Waals surface area contributed by atoms with E-state index in [4.69, 9.17) is 23.2 Å². The lowest BCUT2D eigenvalue weighted by Gasteiger charge is -2.06. The van der Waals surface area contributed by atoms with Crippen molar-refractivity contribution in [1.29, 1.82) is 0 Å². The zero-order valence-electron chi connectivity index (χ0n) is 16.3. The van der Waals surface area contributed by atoms with Crippen LogP contribution in [0.5, 0.6) is 0 Å². The fourth-order valence-corrected chi connectivity index (χ4v) is 3.71. The summed E-state index contributed by atoms with van der Waals surface area (Å²) in [6.07, 6.45) is 3.68. The molecule has 0 fully saturated rings. The SMILES string of the molecule is Cc1ccccc1C(=O)N/N=C\c1cn(Cc2ccc(Cl)c(Cl)c2)c2ccccc12. The van der Waals surface area contributed by atoms with Gasteiger partial charge in [-0.05, 0) is 42.3 Å². The van der Waals surface area contributed by atoms with Crippen LogP contribution in [0.15, 0.2) is 78.0 Å². The maximum Gasteiger partial charge on any atom is 0.271 e. The van der Waals surface area contributed by atoms with E-state index in [1.165, 1.54) is 0 Å². The van der Waals surface area contributed by atoms with Crippen LogP contribution in [0.1, 0.15) is 27.0 Å². The summed E-state index contributed by atoms with van der Waals surface area (Å²) in [5, 5.41) is 6.30. The van der Waals surface area contributed by atoms with Crippen molar-refractivity contribution in [2.75, 3.05) is 0 Å². The average Bonchev–Trinajstić information content (AvgIpc) is 3.08. The van der Waals surface area contributed by atoms with E-state index in [0.717, 1.165) is 27.6 Å². The highest BCUT2D eigenvalue weighted by molar-refractivity contribution is 6.42. The van der Waals surface area contributed by atoms with E-state index in [1.54, 1.807) is 18.3 Å². The summed E-state index contributed by atoms with van der Waals surface area (Å²) in [6, 6.07) is 21.1. The number of hydrazone groups is 1. The summed E-state index contributed by atoms with van der Waals surface area (Å²) in [5.74, 6) is -0.233. The number of carbonyl (C=O) groups excluding carboxylic acids is 1. The molecule has 0 radical (unpaired) electrons. The summed E-state index contributed by atoms with van der Waals surface area (Å²) in [7, 11) is 0. The molecule has 4 nitrogen and oxygen atoms in total. The summed E-state index contributed by atoms with van der Waals surface area (Å²) >= 11 is 12.2. The molecule has 4 rings (SSSR count). The van der Waals surface area contributed by atoms with Gasteiger partial charge in [-0.2, -0.15) is 5.10 Å². The first-order valence-corrected chi connectivity index (χ1v) is 10.2. The Kier molecular flexibility index (Phi) is 5.88. The van der Waals surface area contributed by atoms with E-state index in [9.17, 15) is 4.79 Å². The van der Waals surface area contributed by atoms with Crippen LogP contribution in [-0.2, 0) is 6.54 Å². The largest absolute Gasteiger partial charge is 0.342 e. The van der Waals surface area contributed by atoms with Crippen molar-refractivity contribution in [3.63, 3.8) is 0 Å². The van der Waals surface area contributed by atoms with E-state index in [-0.39, 0.29) is 5.91 Å². The van der Waals surface area contributed by atoms with Crippen LogP contribution in [0, 0.1) is 6.92 Å². The Balaban J connectivity index is 1.59. The van der Waals surface area contributed by atoms with Gasteiger partial charge in [-0.1, -0.05) is 65.7 Å². The fraction of sp³-hybridized carbons (Fsp3) is 0.0833. The Bertz CT molecular complexity index is 1260. The molecule has 150 valence electrons. The van der Waals surface area contributed by atoms with E-state index in [1.807, 2.05) is 61.7 Å². The maximum absolute atomic E-state index is 12.4. The number of amides is 1. The summed E-state index contributed by atoms with van der Waals surface area (Å²) < 4.78 is 2.12. The van der Waals surface area contributed by atoms with Gasteiger partial charge < -0.3 is 4.57 Å². The second-order valence-electron chi connectivity index (χ2n) is 6.99. The lowest BCUT2D eigenvalue weighted by Crippen LogP contribution is -2.18. The lowest BCUT2D eigenvalue weighted by atomic mass is 10.1. The molecule has 0 aliphatic rings. The first-order valence-electron chi connectivity index (χ1n) is 9.44. The Labute approximate surface area is 184 Å². The van der Waals surface area contributed by atoms with Crippen molar-refractivity contribution in [1.82, 2.24) is 9.99 Å². The van der Waals surface area contributed by atoms with Gasteiger partial charge in [-0.3, -0.25) is 4.79 Å². The molecule has 4 aromatic rings. The van der Waals surface area contributed by atoms with E-state index in [2.05, 4.69) is 21.2 Å². The van der Waals surface area contributed by atoms with Gasteiger partial charge in [0.15, 0.2) is 0 Å². The number of para-hydroxylation sites is 1. The molecule has 0 saturated heterocycles. The number of aromatic nitrogens is 1. The standard InChI is InChI=1S/C24H19Cl2N3O/c1-16-6-2-3-7-19(16)24(30)28-27-13-18-15-29(23-9-5-4-8-20(18)23)14-17-10-11-21(25)22(26)12-17/h2-13,15H,14H2,1H3,(H,28,30)/b27-13-. The number of hydrogen-bond acceptors (Lipinski definition) is 2. The number of fused-ring (bicyclic) bond motifs is 1. The molecule has 1 N–H and O–H groups in total. The van der Waals surface area contributed by atoms with E-state index < -0.39 is 0 Å².